The molecule has 0 saturated carbocycles. The molecule has 0 atom stereocenters. The van der Waals surface area contributed by atoms with E-state index in [0.29, 0.717) is 11.4 Å². The lowest BCUT2D eigenvalue weighted by Crippen LogP contribution is -2.17. The first-order chi connectivity index (χ1) is 14.3. The monoisotopic (exact) mass is 413 g/mol. The maximum atomic E-state index is 12.1. The number of hydrogen-bond donors (Lipinski definition) is 1. The Morgan fingerprint density at radius 2 is 1.73 bits per heavy atom. The molecule has 2 aromatic carbocycles. The number of aliphatic imine (C=N–C) groups is 1. The average molecular weight is 413 g/mol. The number of amides is 1. The third-order valence-electron chi connectivity index (χ3n) is 3.94. The van der Waals surface area contributed by atoms with Crippen LogP contribution in [0.5, 0.6) is 5.75 Å². The number of aromatic nitrogens is 1. The Kier molecular flexibility index (Phi) is 6.46. The SMILES string of the molecule is CC1=Nc2ccc(OC(F)(F)F)cc2NC(=O)C1.c1ccc(-c2ccccn2)cc1. The molecular weight excluding hydrogens is 395 g/mol. The van der Waals surface area contributed by atoms with E-state index in [1.807, 2.05) is 42.6 Å². The zero-order valence-corrected chi connectivity index (χ0v) is 16.0. The van der Waals surface area contributed by atoms with Crippen LogP contribution in [-0.4, -0.2) is 23.0 Å². The molecule has 0 radical (unpaired) electrons. The van der Waals surface area contributed by atoms with Crippen molar-refractivity contribution in [3.05, 3.63) is 72.9 Å². The van der Waals surface area contributed by atoms with Gasteiger partial charge in [0.15, 0.2) is 0 Å². The van der Waals surface area contributed by atoms with Crippen LogP contribution in [-0.2, 0) is 4.79 Å². The summed E-state index contributed by atoms with van der Waals surface area (Å²) in [5.74, 6) is -0.713. The molecule has 1 aromatic heterocycles. The van der Waals surface area contributed by atoms with Gasteiger partial charge >= 0.3 is 6.36 Å². The molecular formula is C22H18F3N3O2. The molecule has 3 aromatic rings. The van der Waals surface area contributed by atoms with E-state index in [1.54, 1.807) is 6.92 Å². The van der Waals surface area contributed by atoms with Gasteiger partial charge in [-0.05, 0) is 31.2 Å². The average Bonchev–Trinajstić information content (AvgIpc) is 2.84. The fourth-order valence-corrected chi connectivity index (χ4v) is 2.72. The second kappa shape index (κ2) is 9.21. The fourth-order valence-electron chi connectivity index (χ4n) is 2.72. The van der Waals surface area contributed by atoms with Crippen LogP contribution in [0.4, 0.5) is 24.5 Å². The lowest BCUT2D eigenvalue weighted by Gasteiger charge is -2.11. The van der Waals surface area contributed by atoms with E-state index in [-0.39, 0.29) is 18.0 Å². The number of pyridine rings is 1. The number of nitrogens with zero attached hydrogens (tertiary/aromatic N) is 2. The molecule has 0 fully saturated rings. The van der Waals surface area contributed by atoms with Crippen molar-refractivity contribution in [2.45, 2.75) is 19.7 Å². The van der Waals surface area contributed by atoms with Gasteiger partial charge in [0.05, 0.1) is 23.5 Å². The zero-order chi connectivity index (χ0) is 21.6. The van der Waals surface area contributed by atoms with Crippen LogP contribution in [0.2, 0.25) is 0 Å². The molecule has 0 unspecified atom stereocenters. The molecule has 0 saturated heterocycles. The summed E-state index contributed by atoms with van der Waals surface area (Å²) in [6.45, 7) is 1.68. The van der Waals surface area contributed by atoms with E-state index in [9.17, 15) is 18.0 Å². The molecule has 1 aliphatic rings. The van der Waals surface area contributed by atoms with Gasteiger partial charge in [-0.3, -0.25) is 14.8 Å². The first kappa shape index (κ1) is 21.0. The molecule has 1 amide bonds. The number of alkyl halides is 3. The Hall–Kier alpha value is -3.68. The van der Waals surface area contributed by atoms with Crippen molar-refractivity contribution in [3.8, 4) is 17.0 Å². The van der Waals surface area contributed by atoms with Crippen molar-refractivity contribution in [2.24, 2.45) is 4.99 Å². The van der Waals surface area contributed by atoms with Gasteiger partial charge in [-0.1, -0.05) is 36.4 Å². The first-order valence-corrected chi connectivity index (χ1v) is 9.00. The second-order valence-corrected chi connectivity index (χ2v) is 6.38. The quantitative estimate of drug-likeness (QED) is 0.580. The maximum absolute atomic E-state index is 12.1. The molecule has 0 aliphatic carbocycles. The molecule has 4 rings (SSSR count). The van der Waals surface area contributed by atoms with Crippen LogP contribution in [0.3, 0.4) is 0 Å². The third kappa shape index (κ3) is 6.16. The molecule has 0 bridgehead atoms. The van der Waals surface area contributed by atoms with Crippen LogP contribution in [0.25, 0.3) is 11.3 Å². The summed E-state index contributed by atoms with van der Waals surface area (Å²) in [5.41, 5.74) is 3.40. The maximum Gasteiger partial charge on any atom is 0.573 e. The Labute approximate surface area is 171 Å². The van der Waals surface area contributed by atoms with E-state index in [2.05, 4.69) is 32.2 Å². The Balaban J connectivity index is 0.000000184. The number of anilines is 1. The molecule has 0 spiro atoms. The number of nitrogens with one attached hydrogen (secondary N) is 1. The standard InChI is InChI=1S/C11H9F3N2O2.C11H9N/c1-6-4-10(17)16-9-5-7(18-11(12,13)14)2-3-8(9)15-6;1-2-6-10(7-3-1)11-8-4-5-9-12-11/h2-3,5H,4H2,1H3,(H,16,17);1-9H. The highest BCUT2D eigenvalue weighted by Crippen LogP contribution is 2.33. The summed E-state index contributed by atoms with van der Waals surface area (Å²) >= 11 is 0. The van der Waals surface area contributed by atoms with E-state index in [1.165, 1.54) is 6.07 Å². The molecule has 154 valence electrons. The smallest absolute Gasteiger partial charge is 0.406 e. The second-order valence-electron chi connectivity index (χ2n) is 6.38. The van der Waals surface area contributed by atoms with Gasteiger partial charge in [-0.15, -0.1) is 13.2 Å². The summed E-state index contributed by atoms with van der Waals surface area (Å²) in [4.78, 5) is 19.8. The summed E-state index contributed by atoms with van der Waals surface area (Å²) in [6, 6.07) is 19.7. The highest BCUT2D eigenvalue weighted by molar-refractivity contribution is 6.09. The van der Waals surface area contributed by atoms with Crippen molar-refractivity contribution < 1.29 is 22.7 Å². The Bertz CT molecular complexity index is 999. The van der Waals surface area contributed by atoms with Crippen LogP contribution in [0, 0.1) is 0 Å². The molecule has 1 aliphatic heterocycles. The van der Waals surface area contributed by atoms with Crippen molar-refractivity contribution in [2.75, 3.05) is 5.32 Å². The van der Waals surface area contributed by atoms with E-state index >= 15 is 0 Å². The van der Waals surface area contributed by atoms with Crippen LogP contribution in [0.15, 0.2) is 77.9 Å². The highest BCUT2D eigenvalue weighted by atomic mass is 19.4. The Morgan fingerprint density at radius 1 is 1.00 bits per heavy atom. The summed E-state index contributed by atoms with van der Waals surface area (Å²) in [7, 11) is 0. The van der Waals surface area contributed by atoms with Gasteiger partial charge in [0.2, 0.25) is 5.91 Å². The van der Waals surface area contributed by atoms with Crippen molar-refractivity contribution in [3.63, 3.8) is 0 Å². The molecule has 30 heavy (non-hydrogen) atoms. The highest BCUT2D eigenvalue weighted by Gasteiger charge is 2.31. The van der Waals surface area contributed by atoms with E-state index < -0.39 is 12.1 Å². The van der Waals surface area contributed by atoms with Gasteiger partial charge < -0.3 is 10.1 Å². The van der Waals surface area contributed by atoms with Gasteiger partial charge in [0, 0.05) is 23.5 Å². The van der Waals surface area contributed by atoms with Crippen molar-refractivity contribution in [1.29, 1.82) is 0 Å². The van der Waals surface area contributed by atoms with Gasteiger partial charge in [0.25, 0.3) is 0 Å². The Morgan fingerprint density at radius 3 is 2.40 bits per heavy atom. The van der Waals surface area contributed by atoms with Gasteiger partial charge in [-0.25, -0.2) is 0 Å². The zero-order valence-electron chi connectivity index (χ0n) is 16.0. The molecule has 8 heteroatoms. The molecule has 2 heterocycles. The number of carbonyl (C=O) groups is 1. The number of halogens is 3. The number of hydrogen-bond acceptors (Lipinski definition) is 4. The number of rotatable bonds is 2. The van der Waals surface area contributed by atoms with Gasteiger partial charge in [0.1, 0.15) is 5.75 Å². The number of benzene rings is 2. The normalized spacial score (nSPS) is 13.1. The van der Waals surface area contributed by atoms with E-state index in [4.69, 9.17) is 0 Å². The lowest BCUT2D eigenvalue weighted by molar-refractivity contribution is -0.274. The topological polar surface area (TPSA) is 63.6 Å². The minimum absolute atomic E-state index is 0.115. The van der Waals surface area contributed by atoms with Crippen molar-refractivity contribution >= 4 is 23.0 Å². The summed E-state index contributed by atoms with van der Waals surface area (Å²) < 4.78 is 39.9. The predicted molar refractivity (Wildman–Crippen MR) is 109 cm³/mol. The predicted octanol–water partition coefficient (Wildman–Crippen LogP) is 5.77. The van der Waals surface area contributed by atoms with Crippen molar-refractivity contribution in [1.82, 2.24) is 4.98 Å². The minimum atomic E-state index is -4.76. The number of fused-ring (bicyclic) bond motifs is 1. The number of carbonyl (C=O) groups excluding carboxylic acids is 1. The first-order valence-electron chi connectivity index (χ1n) is 9.00. The molecule has 5 nitrogen and oxygen atoms in total. The number of ether oxygens (including phenoxy) is 1. The van der Waals surface area contributed by atoms with Gasteiger partial charge in [-0.2, -0.15) is 0 Å². The fraction of sp³-hybridized carbons (Fsp3) is 0.136. The van der Waals surface area contributed by atoms with Crippen LogP contribution >= 0.6 is 0 Å². The van der Waals surface area contributed by atoms with Crippen LogP contribution in [0.1, 0.15) is 13.3 Å². The largest absolute Gasteiger partial charge is 0.573 e. The molecule has 1 N–H and O–H groups in total. The van der Waals surface area contributed by atoms with E-state index in [0.717, 1.165) is 23.4 Å². The van der Waals surface area contributed by atoms with Crippen LogP contribution < -0.4 is 10.1 Å². The summed E-state index contributed by atoms with van der Waals surface area (Å²) in [6.07, 6.45) is -2.84. The minimum Gasteiger partial charge on any atom is -0.406 e. The lowest BCUT2D eigenvalue weighted by atomic mass is 10.1. The third-order valence-corrected chi connectivity index (χ3v) is 3.94. The summed E-state index contributed by atoms with van der Waals surface area (Å²) in [5, 5.41) is 2.48.